The summed E-state index contributed by atoms with van der Waals surface area (Å²) in [5, 5.41) is 15.0. The molecular weight excluding hydrogens is 270 g/mol. The van der Waals surface area contributed by atoms with Crippen molar-refractivity contribution >= 4 is 23.3 Å². The predicted octanol–water partition coefficient (Wildman–Crippen LogP) is 2.02. The molecule has 114 valence electrons. The smallest absolute Gasteiger partial charge is 0.321 e. The first-order valence-corrected chi connectivity index (χ1v) is 7.22. The molecule has 1 aromatic rings. The van der Waals surface area contributed by atoms with Gasteiger partial charge in [-0.25, -0.2) is 4.79 Å². The minimum absolute atomic E-state index is 0.0383. The van der Waals surface area contributed by atoms with Crippen LogP contribution in [0.1, 0.15) is 26.2 Å². The second-order valence-electron chi connectivity index (χ2n) is 5.20. The van der Waals surface area contributed by atoms with E-state index in [9.17, 15) is 14.7 Å². The van der Waals surface area contributed by atoms with E-state index in [1.807, 2.05) is 6.92 Å². The molecule has 0 aliphatic carbocycles. The molecule has 1 atom stereocenters. The quantitative estimate of drug-likeness (QED) is 0.794. The summed E-state index contributed by atoms with van der Waals surface area (Å²) in [7, 11) is 0. The van der Waals surface area contributed by atoms with Crippen LogP contribution in [0.4, 0.5) is 16.2 Å². The molecule has 0 aromatic heterocycles. The van der Waals surface area contributed by atoms with Crippen LogP contribution in [0.2, 0.25) is 0 Å². The molecule has 6 nitrogen and oxygen atoms in total. The number of urea groups is 1. The van der Waals surface area contributed by atoms with E-state index >= 15 is 0 Å². The highest BCUT2D eigenvalue weighted by atomic mass is 16.3. The molecule has 2 rings (SSSR count). The fourth-order valence-corrected chi connectivity index (χ4v) is 2.25. The number of nitrogens with one attached hydrogen (secondary N) is 2. The average molecular weight is 291 g/mol. The molecule has 0 bridgehead atoms. The first-order chi connectivity index (χ1) is 10.1. The molecule has 0 unspecified atom stereocenters. The van der Waals surface area contributed by atoms with Gasteiger partial charge in [-0.2, -0.15) is 0 Å². The number of aliphatic hydroxyl groups is 1. The second kappa shape index (κ2) is 7.08. The number of benzene rings is 1. The van der Waals surface area contributed by atoms with Crippen LogP contribution < -0.4 is 10.6 Å². The maximum absolute atomic E-state index is 12.0. The zero-order valence-electron chi connectivity index (χ0n) is 12.1. The minimum Gasteiger partial charge on any atom is -0.391 e. The van der Waals surface area contributed by atoms with Gasteiger partial charge in [0, 0.05) is 30.9 Å². The number of rotatable bonds is 4. The van der Waals surface area contributed by atoms with Crippen molar-refractivity contribution in [1.29, 1.82) is 0 Å². The minimum atomic E-state index is -0.435. The van der Waals surface area contributed by atoms with Crippen molar-refractivity contribution in [3.05, 3.63) is 24.3 Å². The molecule has 3 N–H and O–H groups in total. The molecule has 0 radical (unpaired) electrons. The van der Waals surface area contributed by atoms with Gasteiger partial charge in [0.1, 0.15) is 0 Å². The Balaban J connectivity index is 1.94. The number of anilines is 2. The largest absolute Gasteiger partial charge is 0.391 e. The van der Waals surface area contributed by atoms with Gasteiger partial charge >= 0.3 is 6.03 Å². The van der Waals surface area contributed by atoms with E-state index in [0.717, 1.165) is 6.42 Å². The summed E-state index contributed by atoms with van der Waals surface area (Å²) < 4.78 is 0. The summed E-state index contributed by atoms with van der Waals surface area (Å²) >= 11 is 0. The SMILES string of the molecule is CCCC(=O)Nc1cccc(NC(=O)N2CC[C@@H](O)C2)c1. The van der Waals surface area contributed by atoms with Crippen LogP contribution in [-0.4, -0.2) is 41.1 Å². The van der Waals surface area contributed by atoms with E-state index in [1.165, 1.54) is 0 Å². The lowest BCUT2D eigenvalue weighted by molar-refractivity contribution is -0.116. The van der Waals surface area contributed by atoms with E-state index in [2.05, 4.69) is 10.6 Å². The Kier molecular flexibility index (Phi) is 5.16. The van der Waals surface area contributed by atoms with E-state index in [1.54, 1.807) is 29.2 Å². The van der Waals surface area contributed by atoms with Crippen molar-refractivity contribution < 1.29 is 14.7 Å². The highest BCUT2D eigenvalue weighted by Crippen LogP contribution is 2.17. The molecular formula is C15H21N3O3. The number of β-amino-alcohol motifs (C(OH)–C–C–N with tert-alkyl or cyclic N) is 1. The van der Waals surface area contributed by atoms with Gasteiger partial charge < -0.3 is 20.6 Å². The van der Waals surface area contributed by atoms with Crippen LogP contribution in [0.3, 0.4) is 0 Å². The molecule has 6 heteroatoms. The van der Waals surface area contributed by atoms with E-state index in [-0.39, 0.29) is 11.9 Å². The third kappa shape index (κ3) is 4.46. The van der Waals surface area contributed by atoms with Crippen LogP contribution >= 0.6 is 0 Å². The number of aliphatic hydroxyl groups excluding tert-OH is 1. The number of likely N-dealkylation sites (tertiary alicyclic amines) is 1. The van der Waals surface area contributed by atoms with Crippen molar-refractivity contribution in [1.82, 2.24) is 4.90 Å². The molecule has 21 heavy (non-hydrogen) atoms. The summed E-state index contributed by atoms with van der Waals surface area (Å²) in [4.78, 5) is 25.1. The van der Waals surface area contributed by atoms with Crippen molar-refractivity contribution in [3.8, 4) is 0 Å². The molecule has 0 saturated carbocycles. The van der Waals surface area contributed by atoms with Gasteiger partial charge in [-0.05, 0) is 31.0 Å². The zero-order valence-corrected chi connectivity index (χ0v) is 12.1. The normalized spacial score (nSPS) is 17.6. The van der Waals surface area contributed by atoms with Crippen LogP contribution in [-0.2, 0) is 4.79 Å². The van der Waals surface area contributed by atoms with Crippen molar-refractivity contribution in [2.75, 3.05) is 23.7 Å². The Bertz CT molecular complexity index is 519. The lowest BCUT2D eigenvalue weighted by Crippen LogP contribution is -2.33. The third-order valence-corrected chi connectivity index (χ3v) is 3.33. The molecule has 0 spiro atoms. The number of nitrogens with zero attached hydrogens (tertiary/aromatic N) is 1. The topological polar surface area (TPSA) is 81.7 Å². The van der Waals surface area contributed by atoms with Crippen LogP contribution in [0.5, 0.6) is 0 Å². The molecule has 1 aromatic carbocycles. The zero-order chi connectivity index (χ0) is 15.2. The standard InChI is InChI=1S/C15H21N3O3/c1-2-4-14(20)16-11-5-3-6-12(9-11)17-15(21)18-8-7-13(19)10-18/h3,5-6,9,13,19H,2,4,7-8,10H2,1H3,(H,16,20)(H,17,21)/t13-/m1/s1. The summed E-state index contributed by atoms with van der Waals surface area (Å²) in [5.41, 5.74) is 1.28. The van der Waals surface area contributed by atoms with Gasteiger partial charge in [0.05, 0.1) is 6.10 Å². The summed E-state index contributed by atoms with van der Waals surface area (Å²) in [5.74, 6) is -0.0383. The molecule has 1 saturated heterocycles. The van der Waals surface area contributed by atoms with Crippen molar-refractivity contribution in [3.63, 3.8) is 0 Å². The predicted molar refractivity (Wildman–Crippen MR) is 81.2 cm³/mol. The lowest BCUT2D eigenvalue weighted by Gasteiger charge is -2.17. The maximum atomic E-state index is 12.0. The summed E-state index contributed by atoms with van der Waals surface area (Å²) in [6, 6.07) is 6.81. The van der Waals surface area contributed by atoms with Gasteiger partial charge in [-0.15, -0.1) is 0 Å². The van der Waals surface area contributed by atoms with Gasteiger partial charge in [0.15, 0.2) is 0 Å². The number of carbonyl (C=O) groups is 2. The first kappa shape index (κ1) is 15.3. The van der Waals surface area contributed by atoms with Gasteiger partial charge in [0.2, 0.25) is 5.91 Å². The Labute approximate surface area is 124 Å². The Morgan fingerprint density at radius 2 is 2.05 bits per heavy atom. The van der Waals surface area contributed by atoms with Crippen LogP contribution in [0, 0.1) is 0 Å². The molecule has 1 aliphatic rings. The fourth-order valence-electron chi connectivity index (χ4n) is 2.25. The van der Waals surface area contributed by atoms with Crippen LogP contribution in [0.15, 0.2) is 24.3 Å². The Morgan fingerprint density at radius 1 is 1.33 bits per heavy atom. The monoisotopic (exact) mass is 291 g/mol. The van der Waals surface area contributed by atoms with Gasteiger partial charge in [0.25, 0.3) is 0 Å². The van der Waals surface area contributed by atoms with Gasteiger partial charge in [-0.1, -0.05) is 13.0 Å². The maximum Gasteiger partial charge on any atom is 0.321 e. The Morgan fingerprint density at radius 3 is 2.67 bits per heavy atom. The first-order valence-electron chi connectivity index (χ1n) is 7.22. The number of hydrogen-bond donors (Lipinski definition) is 3. The van der Waals surface area contributed by atoms with E-state index in [0.29, 0.717) is 37.3 Å². The highest BCUT2D eigenvalue weighted by Gasteiger charge is 2.24. The Hall–Kier alpha value is -2.08. The molecule has 1 aliphatic heterocycles. The van der Waals surface area contributed by atoms with Crippen molar-refractivity contribution in [2.45, 2.75) is 32.3 Å². The lowest BCUT2D eigenvalue weighted by atomic mass is 10.2. The number of carbonyl (C=O) groups excluding carboxylic acids is 2. The number of hydrogen-bond acceptors (Lipinski definition) is 3. The van der Waals surface area contributed by atoms with Crippen molar-refractivity contribution in [2.24, 2.45) is 0 Å². The number of amides is 3. The van der Waals surface area contributed by atoms with Gasteiger partial charge in [-0.3, -0.25) is 4.79 Å². The molecule has 1 heterocycles. The second-order valence-corrected chi connectivity index (χ2v) is 5.20. The fraction of sp³-hybridized carbons (Fsp3) is 0.467. The highest BCUT2D eigenvalue weighted by molar-refractivity contribution is 5.93. The summed E-state index contributed by atoms with van der Waals surface area (Å²) in [6.07, 6.45) is 1.44. The average Bonchev–Trinajstić information content (AvgIpc) is 2.86. The van der Waals surface area contributed by atoms with E-state index in [4.69, 9.17) is 0 Å². The van der Waals surface area contributed by atoms with Crippen LogP contribution in [0.25, 0.3) is 0 Å². The van der Waals surface area contributed by atoms with E-state index < -0.39 is 6.10 Å². The third-order valence-electron chi connectivity index (χ3n) is 3.33. The molecule has 3 amide bonds. The molecule has 1 fully saturated rings. The summed E-state index contributed by atoms with van der Waals surface area (Å²) in [6.45, 7) is 2.86.